The highest BCUT2D eigenvalue weighted by atomic mass is 35.5. The molecule has 3 N–H and O–H groups in total. The van der Waals surface area contributed by atoms with E-state index in [1.165, 1.54) is 0 Å². The van der Waals surface area contributed by atoms with Crippen LogP contribution in [0.25, 0.3) is 10.9 Å². The normalized spacial score (nSPS) is 13.2. The number of benzene rings is 1. The number of aryl methyl sites for hydroxylation is 1. The molecule has 86 valence electrons. The number of nitrogens with two attached hydrogens (primary N) is 1. The van der Waals surface area contributed by atoms with Crippen molar-refractivity contribution in [3.63, 3.8) is 0 Å². The zero-order valence-electron chi connectivity index (χ0n) is 9.02. The van der Waals surface area contributed by atoms with Crippen molar-refractivity contribution in [2.45, 2.75) is 12.5 Å². The highest BCUT2D eigenvalue weighted by Crippen LogP contribution is 2.25. The van der Waals surface area contributed by atoms with E-state index in [1.807, 2.05) is 25.2 Å². The second kappa shape index (κ2) is 4.41. The largest absolute Gasteiger partial charge is 0.396 e. The second-order valence-electron chi connectivity index (χ2n) is 3.81. The Labute approximate surface area is 98.6 Å². The van der Waals surface area contributed by atoms with Crippen molar-refractivity contribution in [1.82, 2.24) is 9.78 Å². The molecular formula is C11H14ClN3O. The summed E-state index contributed by atoms with van der Waals surface area (Å²) < 4.78 is 1.73. The number of aliphatic hydroxyl groups is 1. The molecule has 1 unspecified atom stereocenters. The maximum atomic E-state index is 8.85. The van der Waals surface area contributed by atoms with Gasteiger partial charge in [-0.3, -0.25) is 4.68 Å². The lowest BCUT2D eigenvalue weighted by atomic mass is 10.0. The Balaban J connectivity index is 2.47. The fraction of sp³-hybridized carbons (Fsp3) is 0.364. The summed E-state index contributed by atoms with van der Waals surface area (Å²) in [7, 11) is 1.84. The Morgan fingerprint density at radius 2 is 2.31 bits per heavy atom. The van der Waals surface area contributed by atoms with Crippen LogP contribution in [0.5, 0.6) is 0 Å². The fourth-order valence-corrected chi connectivity index (χ4v) is 2.04. The van der Waals surface area contributed by atoms with Crippen LogP contribution in [0.4, 0.5) is 0 Å². The van der Waals surface area contributed by atoms with Gasteiger partial charge in [0.2, 0.25) is 0 Å². The van der Waals surface area contributed by atoms with Crippen molar-refractivity contribution < 1.29 is 5.11 Å². The Morgan fingerprint density at radius 1 is 1.56 bits per heavy atom. The van der Waals surface area contributed by atoms with Crippen LogP contribution in [0.1, 0.15) is 18.0 Å². The fourth-order valence-electron chi connectivity index (χ4n) is 1.77. The molecule has 0 saturated carbocycles. The van der Waals surface area contributed by atoms with Crippen LogP contribution >= 0.6 is 11.6 Å². The number of hydrogen-bond donors (Lipinski definition) is 2. The zero-order valence-corrected chi connectivity index (χ0v) is 9.78. The lowest BCUT2D eigenvalue weighted by Crippen LogP contribution is -2.11. The standard InChI is InChI=1S/C11H14ClN3O/c1-15-10-6-7(9(13)4-5-16)2-3-8(10)11(12)14-15/h2-3,6,9,16H,4-5,13H2,1H3. The van der Waals surface area contributed by atoms with Crippen LogP contribution in [0.15, 0.2) is 18.2 Å². The summed E-state index contributed by atoms with van der Waals surface area (Å²) >= 11 is 5.97. The third-order valence-electron chi connectivity index (χ3n) is 2.70. The number of fused-ring (bicyclic) bond motifs is 1. The number of halogens is 1. The van der Waals surface area contributed by atoms with Crippen molar-refractivity contribution in [3.8, 4) is 0 Å². The first-order valence-corrected chi connectivity index (χ1v) is 5.50. The lowest BCUT2D eigenvalue weighted by Gasteiger charge is -2.10. The van der Waals surface area contributed by atoms with Gasteiger partial charge in [0.1, 0.15) is 0 Å². The van der Waals surface area contributed by atoms with Gasteiger partial charge in [-0.1, -0.05) is 17.7 Å². The van der Waals surface area contributed by atoms with Gasteiger partial charge in [0.25, 0.3) is 0 Å². The summed E-state index contributed by atoms with van der Waals surface area (Å²) in [6, 6.07) is 5.66. The highest BCUT2D eigenvalue weighted by molar-refractivity contribution is 6.34. The Morgan fingerprint density at radius 3 is 3.00 bits per heavy atom. The van der Waals surface area contributed by atoms with Crippen LogP contribution in [-0.4, -0.2) is 21.5 Å². The number of hydrogen-bond acceptors (Lipinski definition) is 3. The minimum atomic E-state index is -0.150. The van der Waals surface area contributed by atoms with Gasteiger partial charge in [0, 0.05) is 25.1 Å². The molecule has 1 heterocycles. The van der Waals surface area contributed by atoms with Gasteiger partial charge in [-0.25, -0.2) is 0 Å². The van der Waals surface area contributed by atoms with E-state index < -0.39 is 0 Å². The third kappa shape index (κ3) is 1.91. The van der Waals surface area contributed by atoms with Crippen LogP contribution in [0, 0.1) is 0 Å². The molecule has 5 heteroatoms. The van der Waals surface area contributed by atoms with Gasteiger partial charge < -0.3 is 10.8 Å². The van der Waals surface area contributed by atoms with E-state index in [9.17, 15) is 0 Å². The summed E-state index contributed by atoms with van der Waals surface area (Å²) in [6.45, 7) is 0.0886. The van der Waals surface area contributed by atoms with Gasteiger partial charge in [-0.2, -0.15) is 5.10 Å². The average Bonchev–Trinajstić information content (AvgIpc) is 2.55. The molecule has 0 aliphatic heterocycles. The first-order valence-electron chi connectivity index (χ1n) is 5.12. The number of rotatable bonds is 3. The molecule has 4 nitrogen and oxygen atoms in total. The predicted molar refractivity (Wildman–Crippen MR) is 64.4 cm³/mol. The quantitative estimate of drug-likeness (QED) is 0.855. The van der Waals surface area contributed by atoms with Crippen molar-refractivity contribution >= 4 is 22.5 Å². The lowest BCUT2D eigenvalue weighted by molar-refractivity contribution is 0.276. The van der Waals surface area contributed by atoms with Crippen LogP contribution in [0.3, 0.4) is 0 Å². The first kappa shape index (κ1) is 11.4. The van der Waals surface area contributed by atoms with Crippen molar-refractivity contribution in [1.29, 1.82) is 0 Å². The molecule has 0 spiro atoms. The molecule has 2 rings (SSSR count). The molecular weight excluding hydrogens is 226 g/mol. The molecule has 0 amide bonds. The highest BCUT2D eigenvalue weighted by Gasteiger charge is 2.10. The maximum Gasteiger partial charge on any atom is 0.158 e. The SMILES string of the molecule is Cn1nc(Cl)c2ccc(C(N)CCO)cc21. The topological polar surface area (TPSA) is 64.1 Å². The van der Waals surface area contributed by atoms with E-state index >= 15 is 0 Å². The Kier molecular flexibility index (Phi) is 3.14. The van der Waals surface area contributed by atoms with E-state index in [0.717, 1.165) is 16.5 Å². The van der Waals surface area contributed by atoms with Gasteiger partial charge >= 0.3 is 0 Å². The second-order valence-corrected chi connectivity index (χ2v) is 4.17. The summed E-state index contributed by atoms with van der Waals surface area (Å²) in [6.07, 6.45) is 0.553. The van der Waals surface area contributed by atoms with E-state index in [2.05, 4.69) is 5.10 Å². The molecule has 1 atom stereocenters. The smallest absolute Gasteiger partial charge is 0.158 e. The minimum absolute atomic E-state index is 0.0886. The molecule has 16 heavy (non-hydrogen) atoms. The Bertz CT molecular complexity index is 509. The van der Waals surface area contributed by atoms with Gasteiger partial charge in [-0.15, -0.1) is 0 Å². The van der Waals surface area contributed by atoms with E-state index in [-0.39, 0.29) is 12.6 Å². The summed E-state index contributed by atoms with van der Waals surface area (Å²) in [5, 5.41) is 14.4. The van der Waals surface area contributed by atoms with Gasteiger partial charge in [0.05, 0.1) is 5.52 Å². The van der Waals surface area contributed by atoms with E-state index in [4.69, 9.17) is 22.4 Å². The first-order chi connectivity index (χ1) is 7.63. The molecule has 0 fully saturated rings. The third-order valence-corrected chi connectivity index (χ3v) is 2.98. The van der Waals surface area contributed by atoms with E-state index in [0.29, 0.717) is 11.6 Å². The van der Waals surface area contributed by atoms with Crippen LogP contribution < -0.4 is 5.73 Å². The van der Waals surface area contributed by atoms with Crippen molar-refractivity contribution in [2.24, 2.45) is 12.8 Å². The molecule has 0 aliphatic rings. The summed E-state index contributed by atoms with van der Waals surface area (Å²) in [4.78, 5) is 0. The average molecular weight is 240 g/mol. The zero-order chi connectivity index (χ0) is 11.7. The van der Waals surface area contributed by atoms with E-state index in [1.54, 1.807) is 4.68 Å². The maximum absolute atomic E-state index is 8.85. The molecule has 0 aliphatic carbocycles. The number of nitrogens with zero attached hydrogens (tertiary/aromatic N) is 2. The predicted octanol–water partition coefficient (Wildman–Crippen LogP) is 1.61. The van der Waals surface area contributed by atoms with Crippen molar-refractivity contribution in [3.05, 3.63) is 28.9 Å². The minimum Gasteiger partial charge on any atom is -0.396 e. The molecule has 0 bridgehead atoms. The molecule has 1 aromatic carbocycles. The number of aromatic nitrogens is 2. The monoisotopic (exact) mass is 239 g/mol. The number of aliphatic hydroxyl groups excluding tert-OH is 1. The summed E-state index contributed by atoms with van der Waals surface area (Å²) in [5.74, 6) is 0. The molecule has 2 aromatic rings. The molecule has 0 radical (unpaired) electrons. The van der Waals surface area contributed by atoms with Crippen LogP contribution in [0.2, 0.25) is 5.15 Å². The summed E-state index contributed by atoms with van der Waals surface area (Å²) in [5.41, 5.74) is 7.87. The van der Waals surface area contributed by atoms with Gasteiger partial charge in [0.15, 0.2) is 5.15 Å². The molecule has 1 aromatic heterocycles. The van der Waals surface area contributed by atoms with Crippen molar-refractivity contribution in [2.75, 3.05) is 6.61 Å². The Hall–Kier alpha value is -1.10. The molecule has 0 saturated heterocycles. The van der Waals surface area contributed by atoms with Crippen LogP contribution in [-0.2, 0) is 7.05 Å². The van der Waals surface area contributed by atoms with Gasteiger partial charge in [-0.05, 0) is 24.1 Å².